The van der Waals surface area contributed by atoms with Crippen LogP contribution in [0.25, 0.3) is 10.8 Å². The number of benzene rings is 1. The summed E-state index contributed by atoms with van der Waals surface area (Å²) in [5, 5.41) is 10.3. The number of nitrogens with one attached hydrogen (secondary N) is 2. The van der Waals surface area contributed by atoms with Crippen LogP contribution < -0.4 is 10.9 Å². The van der Waals surface area contributed by atoms with Gasteiger partial charge in [0, 0.05) is 18.5 Å². The third-order valence-corrected chi connectivity index (χ3v) is 5.71. The number of rotatable bonds is 7. The van der Waals surface area contributed by atoms with E-state index in [-0.39, 0.29) is 41.6 Å². The molecule has 1 aromatic carbocycles. The van der Waals surface area contributed by atoms with Crippen molar-refractivity contribution in [3.63, 3.8) is 0 Å². The third kappa shape index (κ3) is 5.33. The number of carbonyl (C=O) groups excluding carboxylic acids is 3. The van der Waals surface area contributed by atoms with Crippen molar-refractivity contribution in [3.05, 3.63) is 40.3 Å². The minimum Gasteiger partial charge on any atom is -0.466 e. The number of aromatic nitrogens is 2. The summed E-state index contributed by atoms with van der Waals surface area (Å²) in [6.45, 7) is 6.63. The zero-order valence-corrected chi connectivity index (χ0v) is 18.7. The zero-order chi connectivity index (χ0) is 23.3. The van der Waals surface area contributed by atoms with E-state index in [1.54, 1.807) is 36.1 Å². The molecule has 0 spiro atoms. The molecule has 0 bridgehead atoms. The summed E-state index contributed by atoms with van der Waals surface area (Å²) in [6.07, 6.45) is 1.33. The molecule has 0 radical (unpaired) electrons. The predicted molar refractivity (Wildman–Crippen MR) is 119 cm³/mol. The highest BCUT2D eigenvalue weighted by Gasteiger charge is 2.34. The number of amides is 2. The van der Waals surface area contributed by atoms with Crippen molar-refractivity contribution in [2.45, 2.75) is 46.1 Å². The van der Waals surface area contributed by atoms with Gasteiger partial charge in [-0.25, -0.2) is 5.10 Å². The molecular weight excluding hydrogens is 412 g/mol. The Labute approximate surface area is 186 Å². The lowest BCUT2D eigenvalue weighted by molar-refractivity contribution is -0.152. The van der Waals surface area contributed by atoms with Crippen molar-refractivity contribution < 1.29 is 19.1 Å². The molecule has 9 nitrogen and oxygen atoms in total. The molecule has 9 heteroatoms. The van der Waals surface area contributed by atoms with Gasteiger partial charge in [-0.2, -0.15) is 5.10 Å². The molecule has 0 saturated carbocycles. The van der Waals surface area contributed by atoms with E-state index in [2.05, 4.69) is 15.5 Å². The van der Waals surface area contributed by atoms with E-state index < -0.39 is 6.04 Å². The van der Waals surface area contributed by atoms with Crippen molar-refractivity contribution in [3.8, 4) is 0 Å². The van der Waals surface area contributed by atoms with E-state index in [9.17, 15) is 19.2 Å². The Hall–Kier alpha value is -3.23. The first-order chi connectivity index (χ1) is 15.3. The second-order valence-electron chi connectivity index (χ2n) is 8.39. The summed E-state index contributed by atoms with van der Waals surface area (Å²) in [5.41, 5.74) is 0.120. The van der Waals surface area contributed by atoms with Gasteiger partial charge in [-0.15, -0.1) is 0 Å². The maximum absolute atomic E-state index is 13.2. The largest absolute Gasteiger partial charge is 0.466 e. The standard InChI is InChI=1S/C23H30N4O5/c1-4-32-23(31)15-8-7-11-27(13-15)22(30)20(14(2)3)24-19(28)12-18-16-9-5-6-10-17(16)21(29)26-25-18/h5-6,9-10,14-15,20H,4,7-8,11-13H2,1-3H3,(H,24,28)(H,26,29). The van der Waals surface area contributed by atoms with Gasteiger partial charge >= 0.3 is 5.97 Å². The Bertz CT molecular complexity index is 1050. The van der Waals surface area contributed by atoms with Crippen molar-refractivity contribution >= 4 is 28.6 Å². The smallest absolute Gasteiger partial charge is 0.310 e. The number of hydrogen-bond acceptors (Lipinski definition) is 6. The van der Waals surface area contributed by atoms with E-state index >= 15 is 0 Å². The number of H-pyrrole nitrogens is 1. The molecule has 1 aliphatic rings. The van der Waals surface area contributed by atoms with Gasteiger partial charge in [0.15, 0.2) is 0 Å². The van der Waals surface area contributed by atoms with Gasteiger partial charge in [-0.05, 0) is 31.7 Å². The molecule has 2 aromatic rings. The number of likely N-dealkylation sites (tertiary alicyclic amines) is 1. The second-order valence-corrected chi connectivity index (χ2v) is 8.39. The molecule has 1 aliphatic heterocycles. The second kappa shape index (κ2) is 10.4. The molecule has 32 heavy (non-hydrogen) atoms. The normalized spacial score (nSPS) is 17.2. The highest BCUT2D eigenvalue weighted by Crippen LogP contribution is 2.20. The van der Waals surface area contributed by atoms with E-state index in [4.69, 9.17) is 4.74 Å². The average Bonchev–Trinajstić information content (AvgIpc) is 2.79. The van der Waals surface area contributed by atoms with Crippen LogP contribution in [0.2, 0.25) is 0 Å². The molecular formula is C23H30N4O5. The van der Waals surface area contributed by atoms with Crippen LogP contribution in [0.4, 0.5) is 0 Å². The van der Waals surface area contributed by atoms with Crippen LogP contribution in [0.5, 0.6) is 0 Å². The van der Waals surface area contributed by atoms with Crippen molar-refractivity contribution in [1.29, 1.82) is 0 Å². The van der Waals surface area contributed by atoms with Gasteiger partial charge < -0.3 is 15.0 Å². The van der Waals surface area contributed by atoms with Crippen molar-refractivity contribution in [1.82, 2.24) is 20.4 Å². The van der Waals surface area contributed by atoms with Gasteiger partial charge in [0.05, 0.1) is 30.0 Å². The first kappa shape index (κ1) is 23.4. The Morgan fingerprint density at radius 1 is 1.25 bits per heavy atom. The molecule has 2 amide bonds. The van der Waals surface area contributed by atoms with E-state index in [0.717, 1.165) is 0 Å². The summed E-state index contributed by atoms with van der Waals surface area (Å²) < 4.78 is 5.11. The van der Waals surface area contributed by atoms with Crippen LogP contribution in [-0.2, 0) is 25.5 Å². The fourth-order valence-corrected chi connectivity index (χ4v) is 4.02. The molecule has 1 saturated heterocycles. The molecule has 2 N–H and O–H groups in total. The van der Waals surface area contributed by atoms with Crippen LogP contribution in [-0.4, -0.2) is 58.6 Å². The maximum Gasteiger partial charge on any atom is 0.310 e. The molecule has 2 atom stereocenters. The van der Waals surface area contributed by atoms with E-state index in [1.807, 2.05) is 13.8 Å². The lowest BCUT2D eigenvalue weighted by atomic mass is 9.95. The fourth-order valence-electron chi connectivity index (χ4n) is 4.02. The minimum absolute atomic E-state index is 0.0702. The molecule has 1 fully saturated rings. The molecule has 1 aromatic heterocycles. The number of hydrogen-bond donors (Lipinski definition) is 2. The third-order valence-electron chi connectivity index (χ3n) is 5.71. The average molecular weight is 443 g/mol. The molecule has 0 aliphatic carbocycles. The Balaban J connectivity index is 1.71. The highest BCUT2D eigenvalue weighted by atomic mass is 16.5. The molecule has 2 heterocycles. The number of fused-ring (bicyclic) bond motifs is 1. The minimum atomic E-state index is -0.725. The summed E-state index contributed by atoms with van der Waals surface area (Å²) in [4.78, 5) is 51.7. The predicted octanol–water partition coefficient (Wildman–Crippen LogP) is 1.41. The first-order valence-electron chi connectivity index (χ1n) is 11.0. The van der Waals surface area contributed by atoms with E-state index in [1.165, 1.54) is 0 Å². The lowest BCUT2D eigenvalue weighted by Crippen LogP contribution is -2.54. The van der Waals surface area contributed by atoms with Gasteiger partial charge in [0.1, 0.15) is 6.04 Å². The first-order valence-corrected chi connectivity index (χ1v) is 11.0. The van der Waals surface area contributed by atoms with Gasteiger partial charge in [-0.1, -0.05) is 32.0 Å². The van der Waals surface area contributed by atoms with E-state index in [0.29, 0.717) is 49.0 Å². The summed E-state index contributed by atoms with van der Waals surface area (Å²) in [7, 11) is 0. The van der Waals surface area contributed by atoms with Gasteiger partial charge in [0.2, 0.25) is 11.8 Å². The number of nitrogens with zero attached hydrogens (tertiary/aromatic N) is 2. The Morgan fingerprint density at radius 2 is 1.97 bits per heavy atom. The van der Waals surface area contributed by atoms with Crippen LogP contribution in [0.15, 0.2) is 29.1 Å². The van der Waals surface area contributed by atoms with Crippen LogP contribution in [0, 0.1) is 11.8 Å². The monoisotopic (exact) mass is 442 g/mol. The zero-order valence-electron chi connectivity index (χ0n) is 18.7. The van der Waals surface area contributed by atoms with Crippen LogP contribution >= 0.6 is 0 Å². The highest BCUT2D eigenvalue weighted by molar-refractivity contribution is 5.91. The van der Waals surface area contributed by atoms with Crippen LogP contribution in [0.1, 0.15) is 39.3 Å². The number of carbonyl (C=O) groups is 3. The number of aromatic amines is 1. The van der Waals surface area contributed by atoms with Crippen LogP contribution in [0.3, 0.4) is 0 Å². The number of ether oxygens (including phenoxy) is 1. The van der Waals surface area contributed by atoms with Crippen molar-refractivity contribution in [2.75, 3.05) is 19.7 Å². The lowest BCUT2D eigenvalue weighted by Gasteiger charge is -2.35. The SMILES string of the molecule is CCOC(=O)C1CCCN(C(=O)C(NC(=O)Cc2n[nH]c(=O)c3ccccc23)C(C)C)C1. The Morgan fingerprint density at radius 3 is 2.66 bits per heavy atom. The summed E-state index contributed by atoms with van der Waals surface area (Å²) in [5.74, 6) is -1.34. The molecule has 3 rings (SSSR count). The van der Waals surface area contributed by atoms with Crippen molar-refractivity contribution in [2.24, 2.45) is 11.8 Å². The molecule has 172 valence electrons. The molecule has 2 unspecified atom stereocenters. The number of piperidine rings is 1. The Kier molecular flexibility index (Phi) is 7.61. The maximum atomic E-state index is 13.2. The quantitative estimate of drug-likeness (QED) is 0.626. The number of esters is 1. The van der Waals surface area contributed by atoms with Gasteiger partial charge in [0.25, 0.3) is 5.56 Å². The van der Waals surface area contributed by atoms with Gasteiger partial charge in [-0.3, -0.25) is 19.2 Å². The summed E-state index contributed by atoms with van der Waals surface area (Å²) in [6, 6.07) is 6.22. The topological polar surface area (TPSA) is 121 Å². The fraction of sp³-hybridized carbons (Fsp3) is 0.522. The summed E-state index contributed by atoms with van der Waals surface area (Å²) >= 11 is 0.